The van der Waals surface area contributed by atoms with Gasteiger partial charge in [0.2, 0.25) is 5.91 Å². The molecule has 1 aliphatic heterocycles. The van der Waals surface area contributed by atoms with E-state index in [1.54, 1.807) is 13.3 Å². The molecule has 2 N–H and O–H groups in total. The van der Waals surface area contributed by atoms with Gasteiger partial charge in [-0.15, -0.1) is 0 Å². The number of para-hydroxylation sites is 2. The summed E-state index contributed by atoms with van der Waals surface area (Å²) in [6.07, 6.45) is 8.51. The molecule has 1 aromatic carbocycles. The summed E-state index contributed by atoms with van der Waals surface area (Å²) in [5, 5.41) is 15.6. The van der Waals surface area contributed by atoms with Crippen molar-refractivity contribution in [3.8, 4) is 5.75 Å². The smallest absolute Gasteiger partial charge is 0.328 e. The van der Waals surface area contributed by atoms with Crippen molar-refractivity contribution < 1.29 is 29.3 Å². The predicted molar refractivity (Wildman–Crippen MR) is 149 cm³/mol. The summed E-state index contributed by atoms with van der Waals surface area (Å²) in [4.78, 5) is 43.7. The Balaban J connectivity index is 0.000000459. The number of aliphatic carboxylic acids is 2. The summed E-state index contributed by atoms with van der Waals surface area (Å²) in [6, 6.07) is 14.0. The zero-order chi connectivity index (χ0) is 28.0. The van der Waals surface area contributed by atoms with E-state index in [1.165, 1.54) is 6.42 Å². The van der Waals surface area contributed by atoms with Gasteiger partial charge < -0.3 is 19.8 Å². The number of piperazine rings is 1. The van der Waals surface area contributed by atoms with Crippen molar-refractivity contribution in [2.75, 3.05) is 56.2 Å². The first-order valence-corrected chi connectivity index (χ1v) is 13.4. The molecule has 39 heavy (non-hydrogen) atoms. The van der Waals surface area contributed by atoms with Crippen molar-refractivity contribution in [3.63, 3.8) is 0 Å². The van der Waals surface area contributed by atoms with Crippen molar-refractivity contribution in [2.45, 2.75) is 32.1 Å². The molecule has 0 spiro atoms. The molecule has 0 unspecified atom stereocenters. The summed E-state index contributed by atoms with van der Waals surface area (Å²) in [7, 11) is 1.73. The number of anilines is 2. The van der Waals surface area contributed by atoms with Gasteiger partial charge in [-0.05, 0) is 37.1 Å². The Labute approximate surface area is 229 Å². The van der Waals surface area contributed by atoms with Gasteiger partial charge in [0, 0.05) is 63.5 Å². The lowest BCUT2D eigenvalue weighted by Gasteiger charge is -2.37. The van der Waals surface area contributed by atoms with Crippen LogP contribution in [0.5, 0.6) is 5.75 Å². The Morgan fingerprint density at radius 2 is 1.59 bits per heavy atom. The van der Waals surface area contributed by atoms with E-state index in [0.29, 0.717) is 18.7 Å². The van der Waals surface area contributed by atoms with E-state index in [4.69, 9.17) is 14.9 Å². The lowest BCUT2D eigenvalue weighted by molar-refractivity contribution is -0.134. The number of hydrogen-bond acceptors (Lipinski definition) is 7. The number of ether oxygens (including phenoxy) is 1. The molecule has 10 heteroatoms. The van der Waals surface area contributed by atoms with E-state index in [-0.39, 0.29) is 11.8 Å². The third kappa shape index (κ3) is 9.40. The second kappa shape index (κ2) is 15.5. The van der Waals surface area contributed by atoms with E-state index < -0.39 is 11.9 Å². The Kier molecular flexibility index (Phi) is 11.8. The fraction of sp³-hybridized carbons (Fsp3) is 0.448. The third-order valence-corrected chi connectivity index (χ3v) is 6.95. The van der Waals surface area contributed by atoms with Crippen LogP contribution < -0.4 is 14.5 Å². The molecule has 1 saturated carbocycles. The maximum atomic E-state index is 13.3. The second-order valence-corrected chi connectivity index (χ2v) is 9.52. The molecule has 210 valence electrons. The van der Waals surface area contributed by atoms with E-state index >= 15 is 0 Å². The van der Waals surface area contributed by atoms with Gasteiger partial charge in [-0.3, -0.25) is 14.6 Å². The van der Waals surface area contributed by atoms with Crippen molar-refractivity contribution in [1.82, 2.24) is 9.88 Å². The first-order chi connectivity index (χ1) is 18.9. The fourth-order valence-electron chi connectivity index (χ4n) is 4.91. The van der Waals surface area contributed by atoms with Crippen molar-refractivity contribution in [2.24, 2.45) is 5.92 Å². The lowest BCUT2D eigenvalue weighted by atomic mass is 9.88. The van der Waals surface area contributed by atoms with Gasteiger partial charge in [-0.2, -0.15) is 0 Å². The van der Waals surface area contributed by atoms with Gasteiger partial charge in [0.1, 0.15) is 11.6 Å². The molecule has 1 saturated heterocycles. The summed E-state index contributed by atoms with van der Waals surface area (Å²) in [5.41, 5.74) is 1.16. The van der Waals surface area contributed by atoms with Gasteiger partial charge in [0.25, 0.3) is 0 Å². The van der Waals surface area contributed by atoms with Crippen LogP contribution in [0.4, 0.5) is 11.5 Å². The Morgan fingerprint density at radius 1 is 0.949 bits per heavy atom. The molecule has 0 radical (unpaired) electrons. The van der Waals surface area contributed by atoms with E-state index in [9.17, 15) is 14.4 Å². The van der Waals surface area contributed by atoms with Crippen LogP contribution in [0.25, 0.3) is 0 Å². The molecule has 2 fully saturated rings. The summed E-state index contributed by atoms with van der Waals surface area (Å²) < 4.78 is 5.53. The number of carbonyl (C=O) groups is 3. The van der Waals surface area contributed by atoms with E-state index in [0.717, 1.165) is 75.7 Å². The summed E-state index contributed by atoms with van der Waals surface area (Å²) >= 11 is 0. The van der Waals surface area contributed by atoms with Crippen LogP contribution in [0, 0.1) is 5.92 Å². The maximum Gasteiger partial charge on any atom is 0.328 e. The number of nitrogens with zero attached hydrogens (tertiary/aromatic N) is 4. The molecular weight excluding hydrogens is 500 g/mol. The molecule has 1 aromatic heterocycles. The molecule has 0 bridgehead atoms. The van der Waals surface area contributed by atoms with Crippen LogP contribution in [-0.2, 0) is 14.4 Å². The second-order valence-electron chi connectivity index (χ2n) is 9.52. The number of hydrogen-bond donors (Lipinski definition) is 2. The molecule has 4 rings (SSSR count). The SMILES string of the molecule is COc1ccccc1N1CCN(CCN(C(=O)C2CCCCC2)c2ccccn2)CC1.O=C(O)C=CC(=O)O. The molecule has 2 aliphatic rings. The first-order valence-electron chi connectivity index (χ1n) is 13.4. The van der Waals surface area contributed by atoms with Crippen molar-refractivity contribution >= 4 is 29.4 Å². The predicted octanol–water partition coefficient (Wildman–Crippen LogP) is 3.54. The highest BCUT2D eigenvalue weighted by molar-refractivity contribution is 5.94. The minimum Gasteiger partial charge on any atom is -0.495 e. The number of benzene rings is 1. The first kappa shape index (κ1) is 29.6. The number of aromatic nitrogens is 1. The van der Waals surface area contributed by atoms with Gasteiger partial charge >= 0.3 is 11.9 Å². The molecular formula is C29H38N4O6. The Bertz CT molecular complexity index is 1080. The monoisotopic (exact) mass is 538 g/mol. The number of methoxy groups -OCH3 is 1. The summed E-state index contributed by atoms with van der Waals surface area (Å²) in [5.74, 6) is -0.398. The van der Waals surface area contributed by atoms with Gasteiger partial charge in [0.05, 0.1) is 12.8 Å². The van der Waals surface area contributed by atoms with E-state index in [2.05, 4.69) is 26.9 Å². The third-order valence-electron chi connectivity index (χ3n) is 6.95. The molecule has 2 heterocycles. The van der Waals surface area contributed by atoms with Crippen molar-refractivity contribution in [3.05, 3.63) is 60.8 Å². The number of carboxylic acid groups (broad SMARTS) is 2. The van der Waals surface area contributed by atoms with Crippen LogP contribution in [-0.4, -0.2) is 84.3 Å². The zero-order valence-electron chi connectivity index (χ0n) is 22.4. The quantitative estimate of drug-likeness (QED) is 0.462. The molecule has 10 nitrogen and oxygen atoms in total. The Hall–Kier alpha value is -3.92. The van der Waals surface area contributed by atoms with Crippen LogP contribution in [0.2, 0.25) is 0 Å². The lowest BCUT2D eigenvalue weighted by Crippen LogP contribution is -2.50. The highest BCUT2D eigenvalue weighted by atomic mass is 16.5. The largest absolute Gasteiger partial charge is 0.495 e. The van der Waals surface area contributed by atoms with Crippen LogP contribution in [0.15, 0.2) is 60.8 Å². The van der Waals surface area contributed by atoms with Crippen LogP contribution >= 0.6 is 0 Å². The molecule has 1 amide bonds. The highest BCUT2D eigenvalue weighted by Crippen LogP contribution is 2.29. The average Bonchev–Trinajstić information content (AvgIpc) is 2.98. The number of amides is 1. The normalized spacial score (nSPS) is 16.3. The van der Waals surface area contributed by atoms with Crippen LogP contribution in [0.1, 0.15) is 32.1 Å². The number of pyridine rings is 1. The van der Waals surface area contributed by atoms with Crippen molar-refractivity contribution in [1.29, 1.82) is 0 Å². The zero-order valence-corrected chi connectivity index (χ0v) is 22.4. The average molecular weight is 539 g/mol. The van der Waals surface area contributed by atoms with Gasteiger partial charge in [-0.1, -0.05) is 37.5 Å². The Morgan fingerprint density at radius 3 is 2.18 bits per heavy atom. The minimum atomic E-state index is -1.26. The van der Waals surface area contributed by atoms with Crippen LogP contribution in [0.3, 0.4) is 0 Å². The number of carbonyl (C=O) groups excluding carboxylic acids is 1. The standard InChI is InChI=1S/C25H34N4O2.C4H4O4/c1-31-23-12-6-5-11-22(23)28-18-15-27(16-19-28)17-20-29(24-13-7-8-14-26-24)25(30)21-9-3-2-4-10-21;5-3(6)1-2-4(7)8/h5-8,11-14,21H,2-4,9-10,15-20H2,1H3;1-2H,(H,5,6)(H,7,8). The van der Waals surface area contributed by atoms with Gasteiger partial charge in [0.15, 0.2) is 0 Å². The maximum absolute atomic E-state index is 13.3. The summed E-state index contributed by atoms with van der Waals surface area (Å²) in [6.45, 7) is 5.44. The topological polar surface area (TPSA) is 124 Å². The molecule has 0 atom stereocenters. The minimum absolute atomic E-state index is 0.151. The van der Waals surface area contributed by atoms with E-state index in [1.807, 2.05) is 35.2 Å². The molecule has 2 aromatic rings. The molecule has 1 aliphatic carbocycles. The van der Waals surface area contributed by atoms with Gasteiger partial charge in [-0.25, -0.2) is 14.6 Å². The number of carboxylic acids is 2. The highest BCUT2D eigenvalue weighted by Gasteiger charge is 2.28. The number of rotatable bonds is 9. The fourth-order valence-corrected chi connectivity index (χ4v) is 4.91.